The van der Waals surface area contributed by atoms with E-state index >= 15 is 0 Å². The zero-order valence-corrected chi connectivity index (χ0v) is 13.1. The van der Waals surface area contributed by atoms with Crippen molar-refractivity contribution in [3.05, 3.63) is 66.4 Å². The molecule has 1 aromatic heterocycles. The predicted molar refractivity (Wildman–Crippen MR) is 87.1 cm³/mol. The highest BCUT2D eigenvalue weighted by molar-refractivity contribution is 6.21. The lowest BCUT2D eigenvalue weighted by Crippen LogP contribution is -2.23. The molecular formula is C16H17N5O3. The molecule has 2 aliphatic heterocycles. The molecule has 8 nitrogen and oxygen atoms in total. The zero-order valence-electron chi connectivity index (χ0n) is 13.1. The summed E-state index contributed by atoms with van der Waals surface area (Å²) >= 11 is 0. The number of H-pyrrole nitrogens is 1. The minimum Gasteiger partial charge on any atom is -0.351 e. The fourth-order valence-corrected chi connectivity index (χ4v) is 1.98. The van der Waals surface area contributed by atoms with Gasteiger partial charge in [0.05, 0.1) is 24.0 Å². The number of fused-ring (bicyclic) bond motifs is 1. The first-order valence-corrected chi connectivity index (χ1v) is 7.06. The van der Waals surface area contributed by atoms with E-state index in [4.69, 9.17) is 0 Å². The van der Waals surface area contributed by atoms with Crippen LogP contribution in [0.1, 0.15) is 20.7 Å². The third-order valence-corrected chi connectivity index (χ3v) is 3.11. The van der Waals surface area contributed by atoms with Gasteiger partial charge in [-0.05, 0) is 12.1 Å². The van der Waals surface area contributed by atoms with Gasteiger partial charge >= 0.3 is 6.03 Å². The van der Waals surface area contributed by atoms with Crippen LogP contribution in [0.3, 0.4) is 0 Å². The van der Waals surface area contributed by atoms with E-state index in [-0.39, 0.29) is 17.8 Å². The van der Waals surface area contributed by atoms with Gasteiger partial charge in [0.2, 0.25) is 0 Å². The number of urea groups is 1. The normalized spacial score (nSPS) is 14.8. The van der Waals surface area contributed by atoms with E-state index in [1.807, 2.05) is 0 Å². The second-order valence-electron chi connectivity index (χ2n) is 4.98. The van der Waals surface area contributed by atoms with E-state index in [9.17, 15) is 14.4 Å². The minimum atomic E-state index is -0.300. The van der Waals surface area contributed by atoms with Crippen molar-refractivity contribution in [2.45, 2.75) is 0 Å². The molecule has 3 heterocycles. The highest BCUT2D eigenvalue weighted by Gasteiger charge is 2.25. The largest absolute Gasteiger partial charge is 0.351 e. The number of nitrogens with one attached hydrogen (secondary N) is 3. The number of imide groups is 1. The number of rotatable bonds is 0. The van der Waals surface area contributed by atoms with Crippen molar-refractivity contribution in [1.82, 2.24) is 25.5 Å². The van der Waals surface area contributed by atoms with Gasteiger partial charge in [0, 0.05) is 25.1 Å². The zero-order chi connectivity index (χ0) is 17.5. The minimum absolute atomic E-state index is 0.0602. The van der Waals surface area contributed by atoms with Gasteiger partial charge in [0.25, 0.3) is 11.8 Å². The van der Waals surface area contributed by atoms with Crippen LogP contribution in [0.2, 0.25) is 0 Å². The number of imidazole rings is 1. The van der Waals surface area contributed by atoms with Gasteiger partial charge in [-0.15, -0.1) is 0 Å². The average molecular weight is 327 g/mol. The number of benzene rings is 1. The fraction of sp³-hybridized carbons (Fsp3) is 0.125. The number of hydrogen-bond donors (Lipinski definition) is 3. The molecule has 0 bridgehead atoms. The van der Waals surface area contributed by atoms with Crippen LogP contribution >= 0.6 is 0 Å². The van der Waals surface area contributed by atoms with Crippen molar-refractivity contribution in [2.75, 3.05) is 13.6 Å². The molecule has 1 aromatic carbocycles. The third kappa shape index (κ3) is 4.29. The second kappa shape index (κ2) is 7.73. The smallest absolute Gasteiger partial charge is 0.321 e. The Kier molecular flexibility index (Phi) is 5.45. The molecule has 8 heteroatoms. The summed E-state index contributed by atoms with van der Waals surface area (Å²) in [4.78, 5) is 40.4. The first-order valence-electron chi connectivity index (χ1n) is 7.06. The second-order valence-corrected chi connectivity index (χ2v) is 4.98. The molecule has 4 rings (SSSR count). The van der Waals surface area contributed by atoms with Crippen molar-refractivity contribution < 1.29 is 14.4 Å². The molecule has 4 amide bonds. The molecule has 24 heavy (non-hydrogen) atoms. The highest BCUT2D eigenvalue weighted by atomic mass is 16.2. The van der Waals surface area contributed by atoms with Crippen molar-refractivity contribution in [3.63, 3.8) is 0 Å². The first-order chi connectivity index (χ1) is 11.5. The number of nitrogens with zero attached hydrogens (tertiary/aromatic N) is 2. The molecule has 0 radical (unpaired) electrons. The maximum absolute atomic E-state index is 10.9. The van der Waals surface area contributed by atoms with Crippen LogP contribution in [0.4, 0.5) is 4.79 Å². The van der Waals surface area contributed by atoms with E-state index in [0.717, 1.165) is 5.70 Å². The summed E-state index contributed by atoms with van der Waals surface area (Å²) < 4.78 is 0. The van der Waals surface area contributed by atoms with Gasteiger partial charge in [-0.2, -0.15) is 0 Å². The summed E-state index contributed by atoms with van der Waals surface area (Å²) in [6.07, 6.45) is 5.08. The summed E-state index contributed by atoms with van der Waals surface area (Å²) in [5.41, 5.74) is 1.72. The summed E-state index contributed by atoms with van der Waals surface area (Å²) in [7, 11) is 1.73. The number of aromatic amines is 1. The lowest BCUT2D eigenvalue weighted by atomic mass is 10.1. The number of amides is 4. The van der Waals surface area contributed by atoms with Crippen molar-refractivity contribution in [1.29, 1.82) is 0 Å². The van der Waals surface area contributed by atoms with Crippen LogP contribution in [-0.4, -0.2) is 46.3 Å². The SMILES string of the molecule is C=C1CN(C)C(=O)N1.O=C1NC(=O)c2ccccc21.c1c[nH]cn1. The van der Waals surface area contributed by atoms with Gasteiger partial charge in [0.1, 0.15) is 0 Å². The molecule has 0 atom stereocenters. The third-order valence-electron chi connectivity index (χ3n) is 3.11. The van der Waals surface area contributed by atoms with Gasteiger partial charge in [-0.3, -0.25) is 14.9 Å². The quantitative estimate of drug-likeness (QED) is 0.631. The number of hydrogen-bond acceptors (Lipinski definition) is 4. The van der Waals surface area contributed by atoms with Gasteiger partial charge in [-0.1, -0.05) is 18.7 Å². The van der Waals surface area contributed by atoms with Gasteiger partial charge in [0.15, 0.2) is 0 Å². The molecule has 0 spiro atoms. The fourth-order valence-electron chi connectivity index (χ4n) is 1.98. The number of likely N-dealkylation sites (N-methyl/N-ethyl adjacent to an activating group) is 1. The Hall–Kier alpha value is -3.42. The van der Waals surface area contributed by atoms with Crippen LogP contribution in [0.15, 0.2) is 55.3 Å². The van der Waals surface area contributed by atoms with Crippen LogP contribution in [-0.2, 0) is 0 Å². The topological polar surface area (TPSA) is 107 Å². The Morgan fingerprint density at radius 3 is 2.00 bits per heavy atom. The Labute approximate surface area is 138 Å². The van der Waals surface area contributed by atoms with Crippen molar-refractivity contribution in [2.24, 2.45) is 0 Å². The lowest BCUT2D eigenvalue weighted by molar-refractivity contribution is 0.0879. The van der Waals surface area contributed by atoms with E-state index in [1.165, 1.54) is 0 Å². The predicted octanol–water partition coefficient (Wildman–Crippen LogP) is 1.13. The Balaban J connectivity index is 0.000000141. The van der Waals surface area contributed by atoms with E-state index in [2.05, 4.69) is 27.2 Å². The molecule has 124 valence electrons. The number of aromatic nitrogens is 2. The molecule has 2 aliphatic rings. The first kappa shape index (κ1) is 16.9. The summed E-state index contributed by atoms with van der Waals surface area (Å²) in [6, 6.07) is 6.68. The Morgan fingerprint density at radius 1 is 1.08 bits per heavy atom. The van der Waals surface area contributed by atoms with E-state index in [1.54, 1.807) is 54.9 Å². The van der Waals surface area contributed by atoms with Crippen LogP contribution in [0.25, 0.3) is 0 Å². The lowest BCUT2D eigenvalue weighted by Gasteiger charge is -2.00. The monoisotopic (exact) mass is 327 g/mol. The Bertz CT molecular complexity index is 705. The molecule has 2 aromatic rings. The van der Waals surface area contributed by atoms with Crippen LogP contribution < -0.4 is 10.6 Å². The summed E-state index contributed by atoms with van der Waals surface area (Å²) in [5, 5.41) is 4.76. The molecule has 1 saturated heterocycles. The summed E-state index contributed by atoms with van der Waals surface area (Å²) in [6.45, 7) is 4.22. The standard InChI is InChI=1S/C8H5NO2.C5H8N2O.C3H4N2/c10-7-5-3-1-2-4-6(5)8(11)9-7;1-4-3-7(2)5(8)6-4;1-2-5-3-4-1/h1-4H,(H,9,10,11);1,3H2,2H3,(H,6,8);1-3H,(H,4,5). The molecule has 0 aliphatic carbocycles. The molecule has 0 unspecified atom stereocenters. The maximum atomic E-state index is 10.9. The molecule has 3 N–H and O–H groups in total. The average Bonchev–Trinajstić information content (AvgIpc) is 3.27. The number of carbonyl (C=O) groups excluding carboxylic acids is 3. The van der Waals surface area contributed by atoms with Gasteiger partial charge < -0.3 is 15.2 Å². The van der Waals surface area contributed by atoms with E-state index < -0.39 is 0 Å². The maximum Gasteiger partial charge on any atom is 0.321 e. The molecule has 0 saturated carbocycles. The van der Waals surface area contributed by atoms with Crippen molar-refractivity contribution >= 4 is 17.8 Å². The van der Waals surface area contributed by atoms with Gasteiger partial charge in [-0.25, -0.2) is 9.78 Å². The Morgan fingerprint density at radius 2 is 1.71 bits per heavy atom. The number of carbonyl (C=O) groups is 3. The van der Waals surface area contributed by atoms with E-state index in [0.29, 0.717) is 17.7 Å². The molecule has 1 fully saturated rings. The highest BCUT2D eigenvalue weighted by Crippen LogP contribution is 2.13. The molecular weight excluding hydrogens is 310 g/mol. The van der Waals surface area contributed by atoms with Crippen molar-refractivity contribution in [3.8, 4) is 0 Å². The van der Waals surface area contributed by atoms with Crippen LogP contribution in [0.5, 0.6) is 0 Å². The summed E-state index contributed by atoms with van der Waals surface area (Å²) in [5.74, 6) is -0.601. The van der Waals surface area contributed by atoms with Crippen LogP contribution in [0, 0.1) is 0 Å².